The molecule has 3 aliphatic heterocycles. The third-order valence-electron chi connectivity index (χ3n) is 9.94. The minimum Gasteiger partial charge on any atom is -0.381 e. The molecule has 5 aromatic rings. The highest BCUT2D eigenvalue weighted by molar-refractivity contribution is 7.13. The van der Waals surface area contributed by atoms with Gasteiger partial charge >= 0.3 is 0 Å². The molecule has 0 radical (unpaired) electrons. The van der Waals surface area contributed by atoms with E-state index in [1.165, 1.54) is 22.7 Å². The van der Waals surface area contributed by atoms with E-state index in [-0.39, 0.29) is 23.9 Å². The molecule has 3 aromatic heterocycles. The van der Waals surface area contributed by atoms with E-state index < -0.39 is 8.07 Å². The van der Waals surface area contributed by atoms with Crippen LogP contribution in [0.3, 0.4) is 0 Å². The lowest BCUT2D eigenvalue weighted by Gasteiger charge is -2.23. The average molecular weight is 838 g/mol. The van der Waals surface area contributed by atoms with E-state index in [1.807, 2.05) is 77.5 Å². The van der Waals surface area contributed by atoms with Gasteiger partial charge in [0.15, 0.2) is 0 Å². The second kappa shape index (κ2) is 19.9. The number of benzene rings is 2. The monoisotopic (exact) mass is 837 g/mol. The molecular weight excluding hydrogens is 787 g/mol. The number of nitrogens with zero attached hydrogens (tertiary/aromatic N) is 5. The van der Waals surface area contributed by atoms with Crippen LogP contribution in [0.2, 0.25) is 25.7 Å². The lowest BCUT2D eigenvalue weighted by Crippen LogP contribution is -2.40. The Labute approximate surface area is 348 Å². The van der Waals surface area contributed by atoms with Gasteiger partial charge in [-0.15, -0.1) is 22.7 Å². The van der Waals surface area contributed by atoms with Crippen LogP contribution in [-0.2, 0) is 25.7 Å². The van der Waals surface area contributed by atoms with E-state index in [4.69, 9.17) is 24.3 Å². The van der Waals surface area contributed by atoms with Crippen LogP contribution in [0.15, 0.2) is 94.3 Å². The molecular formula is C43H51N7O5S2Si. The fourth-order valence-electron chi connectivity index (χ4n) is 6.60. The summed E-state index contributed by atoms with van der Waals surface area (Å²) in [6, 6.07) is 21.5. The van der Waals surface area contributed by atoms with Crippen molar-refractivity contribution in [2.45, 2.75) is 70.2 Å². The van der Waals surface area contributed by atoms with Gasteiger partial charge in [0.05, 0.1) is 29.1 Å². The van der Waals surface area contributed by atoms with E-state index in [9.17, 15) is 9.59 Å². The van der Waals surface area contributed by atoms with Crippen molar-refractivity contribution in [1.82, 2.24) is 30.4 Å². The van der Waals surface area contributed by atoms with E-state index >= 15 is 0 Å². The highest BCUT2D eigenvalue weighted by Crippen LogP contribution is 2.31. The number of hydrogen-bond donors (Lipinski definition) is 2. The molecule has 0 bridgehead atoms. The molecule has 15 heteroatoms. The smallest absolute Gasteiger partial charge is 0.255 e. The van der Waals surface area contributed by atoms with Crippen molar-refractivity contribution < 1.29 is 23.8 Å². The van der Waals surface area contributed by atoms with Gasteiger partial charge in [0.1, 0.15) is 28.2 Å². The summed E-state index contributed by atoms with van der Waals surface area (Å²) in [5.74, 6) is -0.179. The highest BCUT2D eigenvalue weighted by atomic mass is 32.1. The van der Waals surface area contributed by atoms with Crippen LogP contribution in [0.4, 0.5) is 0 Å². The third-order valence-corrected chi connectivity index (χ3v) is 13.3. The van der Waals surface area contributed by atoms with Gasteiger partial charge in [-0.3, -0.25) is 14.6 Å². The molecule has 0 spiro atoms. The number of carbonyl (C=O) groups excluding carboxylic acids is 2. The second-order valence-electron chi connectivity index (χ2n) is 15.6. The Morgan fingerprint density at radius 2 is 1.34 bits per heavy atom. The first kappa shape index (κ1) is 41.5. The molecule has 3 aliphatic rings. The van der Waals surface area contributed by atoms with E-state index in [0.717, 1.165) is 64.3 Å². The van der Waals surface area contributed by atoms with Crippen molar-refractivity contribution in [3.05, 3.63) is 99.8 Å². The quantitative estimate of drug-likeness (QED) is 0.0907. The molecule has 8 rings (SSSR count). The summed E-state index contributed by atoms with van der Waals surface area (Å²) in [4.78, 5) is 39.8. The summed E-state index contributed by atoms with van der Waals surface area (Å²) in [5.41, 5.74) is 6.39. The topological polar surface area (TPSA) is 142 Å². The van der Waals surface area contributed by atoms with Crippen LogP contribution in [0, 0.1) is 0 Å². The van der Waals surface area contributed by atoms with Gasteiger partial charge in [-0.25, -0.2) is 14.6 Å². The number of amides is 2. The molecule has 2 N–H and O–H groups in total. The van der Waals surface area contributed by atoms with Crippen molar-refractivity contribution in [2.75, 3.05) is 39.6 Å². The van der Waals surface area contributed by atoms with Gasteiger partial charge < -0.3 is 24.8 Å². The van der Waals surface area contributed by atoms with Gasteiger partial charge in [-0.05, 0) is 37.8 Å². The predicted molar refractivity (Wildman–Crippen MR) is 233 cm³/mol. The Bertz CT molecular complexity index is 2180. The normalized spacial score (nSPS) is 16.3. The van der Waals surface area contributed by atoms with Gasteiger partial charge in [0, 0.05) is 81.3 Å². The maximum absolute atomic E-state index is 13.2. The molecule has 0 atom stereocenters. The van der Waals surface area contributed by atoms with Crippen molar-refractivity contribution in [1.29, 1.82) is 0 Å². The van der Waals surface area contributed by atoms with Crippen LogP contribution < -0.4 is 10.6 Å². The lowest BCUT2D eigenvalue weighted by atomic mass is 10.1. The summed E-state index contributed by atoms with van der Waals surface area (Å²) in [6.45, 7) is 11.3. The maximum atomic E-state index is 13.2. The molecule has 58 heavy (non-hydrogen) atoms. The molecule has 2 saturated heterocycles. The molecule has 6 heterocycles. The Kier molecular flexibility index (Phi) is 14.2. The van der Waals surface area contributed by atoms with Crippen molar-refractivity contribution in [2.24, 2.45) is 4.99 Å². The molecule has 2 aromatic carbocycles. The maximum Gasteiger partial charge on any atom is 0.255 e. The van der Waals surface area contributed by atoms with Crippen LogP contribution in [-0.4, -0.2) is 97.0 Å². The van der Waals surface area contributed by atoms with Crippen LogP contribution >= 0.6 is 22.7 Å². The highest BCUT2D eigenvalue weighted by Gasteiger charge is 2.27. The first-order chi connectivity index (χ1) is 28.2. The summed E-state index contributed by atoms with van der Waals surface area (Å²) >= 11 is 3.02. The van der Waals surface area contributed by atoms with Gasteiger partial charge in [-0.1, -0.05) is 80.3 Å². The van der Waals surface area contributed by atoms with E-state index in [0.29, 0.717) is 68.9 Å². The third kappa shape index (κ3) is 11.3. The number of rotatable bonds is 13. The number of ether oxygens (including phenoxy) is 3. The zero-order valence-corrected chi connectivity index (χ0v) is 35.9. The summed E-state index contributed by atoms with van der Waals surface area (Å²) < 4.78 is 18.3. The van der Waals surface area contributed by atoms with Crippen molar-refractivity contribution in [3.8, 4) is 33.2 Å². The molecule has 2 fully saturated rings. The molecule has 0 unspecified atom stereocenters. The van der Waals surface area contributed by atoms with Gasteiger partial charge in [0.2, 0.25) is 0 Å². The van der Waals surface area contributed by atoms with Crippen LogP contribution in [0.25, 0.3) is 33.2 Å². The van der Waals surface area contributed by atoms with Crippen molar-refractivity contribution >= 4 is 48.3 Å². The van der Waals surface area contributed by atoms with E-state index in [1.54, 1.807) is 10.9 Å². The summed E-state index contributed by atoms with van der Waals surface area (Å²) in [5, 5.41) is 16.5. The average Bonchev–Trinajstić information content (AvgIpc) is 4.08. The largest absolute Gasteiger partial charge is 0.381 e. The number of aliphatic imine (C=N–C) groups is 1. The summed E-state index contributed by atoms with van der Waals surface area (Å²) in [6.07, 6.45) is 7.03. The lowest BCUT2D eigenvalue weighted by molar-refractivity contribution is -0.118. The van der Waals surface area contributed by atoms with E-state index in [2.05, 4.69) is 40.3 Å². The fourth-order valence-corrected chi connectivity index (χ4v) is 9.03. The van der Waals surface area contributed by atoms with Crippen LogP contribution in [0.5, 0.6) is 0 Å². The van der Waals surface area contributed by atoms with Crippen molar-refractivity contribution in [3.63, 3.8) is 0 Å². The number of hydrogen-bond acceptors (Lipinski definition) is 11. The SMILES string of the molecule is C[Si](C)(C)CCOCn1cc(C(=O)NC2CCOCC2)c(-c2nc(-c3ccccc3)cs2)n1.O=C(NC1CCOCC1)C1=CCN=C1c1nc(-c2ccccc2)cs1. The van der Waals surface area contributed by atoms with Gasteiger partial charge in [-0.2, -0.15) is 5.10 Å². The molecule has 2 amide bonds. The predicted octanol–water partition coefficient (Wildman–Crippen LogP) is 7.73. The second-order valence-corrected chi connectivity index (χ2v) is 23.0. The number of carbonyl (C=O) groups is 2. The van der Waals surface area contributed by atoms with Gasteiger partial charge in [0.25, 0.3) is 11.8 Å². The molecule has 0 saturated carbocycles. The Morgan fingerprint density at radius 3 is 1.93 bits per heavy atom. The molecule has 0 aliphatic carbocycles. The molecule has 12 nitrogen and oxygen atoms in total. The standard InChI is InChI=1S/C24H32N4O3SSi.C19H19N3O2S/c1-33(2,3)14-13-31-17-28-15-20(23(29)25-19-9-11-30-12-10-19)22(27-28)24-26-21(16-32-24)18-7-5-4-6-8-18;23-18(21-14-7-10-24-11-8-14)15-6-9-20-17(15)19-22-16(12-25-19)13-4-2-1-3-5-13/h4-8,15-16,19H,9-14,17H2,1-3H3,(H,25,29);1-6,12,14H,7-11H2,(H,21,23). The molecule has 304 valence electrons. The fraction of sp³-hybridized carbons (Fsp3) is 0.395. The minimum absolute atomic E-state index is 0.0559. The first-order valence-corrected chi connectivity index (χ1v) is 25.4. The Hall–Kier alpha value is -4.64. The zero-order chi connectivity index (χ0) is 40.3. The Balaban J connectivity index is 0.000000183. The number of thiazole rings is 2. The first-order valence-electron chi connectivity index (χ1n) is 19.9. The summed E-state index contributed by atoms with van der Waals surface area (Å²) in [7, 11) is -1.16. The minimum atomic E-state index is -1.16. The Morgan fingerprint density at radius 1 is 0.793 bits per heavy atom. The zero-order valence-electron chi connectivity index (χ0n) is 33.3. The number of nitrogens with one attached hydrogen (secondary N) is 2. The van der Waals surface area contributed by atoms with Crippen LogP contribution in [0.1, 0.15) is 41.0 Å². The number of aromatic nitrogens is 4.